The van der Waals surface area contributed by atoms with E-state index in [1.165, 1.54) is 0 Å². The van der Waals surface area contributed by atoms with E-state index in [0.717, 1.165) is 34.5 Å². The van der Waals surface area contributed by atoms with Crippen LogP contribution in [0.1, 0.15) is 23.1 Å². The number of rotatable bonds is 7. The van der Waals surface area contributed by atoms with Crippen LogP contribution in [0.5, 0.6) is 5.75 Å². The molecule has 0 spiro atoms. The summed E-state index contributed by atoms with van der Waals surface area (Å²) in [5, 5.41) is 2.90. The first kappa shape index (κ1) is 19.8. The molecule has 2 aromatic rings. The number of aryl methyl sites for hydroxylation is 2. The number of carbonyl (C=O) groups excluding carboxylic acids is 1. The van der Waals surface area contributed by atoms with E-state index in [-0.39, 0.29) is 18.3 Å². The molecule has 0 bridgehead atoms. The highest BCUT2D eigenvalue weighted by Crippen LogP contribution is 2.16. The van der Waals surface area contributed by atoms with Gasteiger partial charge in [0.05, 0.1) is 13.0 Å². The van der Waals surface area contributed by atoms with Crippen LogP contribution in [-0.2, 0) is 11.2 Å². The number of nitrogens with two attached hydrogens (primary N) is 1. The van der Waals surface area contributed by atoms with E-state index in [1.807, 2.05) is 50.2 Å². The quantitative estimate of drug-likeness (QED) is 0.753. The fourth-order valence-electron chi connectivity index (χ4n) is 2.40. The summed E-state index contributed by atoms with van der Waals surface area (Å²) in [6.45, 7) is 5.07. The molecule has 0 aliphatic carbocycles. The second-order valence-electron chi connectivity index (χ2n) is 5.76. The van der Waals surface area contributed by atoms with Gasteiger partial charge in [-0.15, -0.1) is 12.4 Å². The zero-order chi connectivity index (χ0) is 16.7. The Bertz CT molecular complexity index is 637. The third-order valence-electron chi connectivity index (χ3n) is 3.51. The molecular formula is C19H25ClN2O2. The SMILES string of the molecule is Cc1cc(C)cc(OCCC(=O)NCCc2ccc(N)cc2)c1.Cl. The molecule has 0 heterocycles. The van der Waals surface area contributed by atoms with Crippen molar-refractivity contribution in [1.82, 2.24) is 5.32 Å². The second-order valence-corrected chi connectivity index (χ2v) is 5.76. The van der Waals surface area contributed by atoms with Gasteiger partial charge in [0.25, 0.3) is 0 Å². The maximum Gasteiger partial charge on any atom is 0.223 e. The maximum atomic E-state index is 11.8. The van der Waals surface area contributed by atoms with Gasteiger partial charge in [-0.25, -0.2) is 0 Å². The normalized spacial score (nSPS) is 9.92. The lowest BCUT2D eigenvalue weighted by Crippen LogP contribution is -2.27. The smallest absolute Gasteiger partial charge is 0.223 e. The third kappa shape index (κ3) is 6.92. The maximum absolute atomic E-state index is 11.8. The van der Waals surface area contributed by atoms with E-state index in [0.29, 0.717) is 19.6 Å². The summed E-state index contributed by atoms with van der Waals surface area (Å²) in [6.07, 6.45) is 1.15. The van der Waals surface area contributed by atoms with Crippen molar-refractivity contribution in [3.8, 4) is 5.75 Å². The Balaban J connectivity index is 0.00000288. The number of hydrogen-bond acceptors (Lipinski definition) is 3. The average Bonchev–Trinajstić information content (AvgIpc) is 2.48. The number of nitrogens with one attached hydrogen (secondary N) is 1. The first-order valence-electron chi connectivity index (χ1n) is 7.85. The minimum absolute atomic E-state index is 0. The molecule has 0 aromatic heterocycles. The largest absolute Gasteiger partial charge is 0.493 e. The number of carbonyl (C=O) groups is 1. The molecule has 5 heteroatoms. The topological polar surface area (TPSA) is 64.3 Å². The van der Waals surface area contributed by atoms with Crippen molar-refractivity contribution in [2.75, 3.05) is 18.9 Å². The van der Waals surface area contributed by atoms with Gasteiger partial charge in [-0.2, -0.15) is 0 Å². The number of anilines is 1. The first-order chi connectivity index (χ1) is 11.0. The van der Waals surface area contributed by atoms with Crippen molar-refractivity contribution in [3.63, 3.8) is 0 Å². The van der Waals surface area contributed by atoms with Crippen molar-refractivity contribution < 1.29 is 9.53 Å². The minimum Gasteiger partial charge on any atom is -0.493 e. The van der Waals surface area contributed by atoms with Gasteiger partial charge >= 0.3 is 0 Å². The molecular weight excluding hydrogens is 324 g/mol. The average molecular weight is 349 g/mol. The lowest BCUT2D eigenvalue weighted by atomic mass is 10.1. The lowest BCUT2D eigenvalue weighted by Gasteiger charge is -2.09. The fourth-order valence-corrected chi connectivity index (χ4v) is 2.40. The number of amides is 1. The Morgan fingerprint density at radius 1 is 1.08 bits per heavy atom. The predicted octanol–water partition coefficient (Wildman–Crippen LogP) is 3.44. The molecule has 24 heavy (non-hydrogen) atoms. The molecule has 0 unspecified atom stereocenters. The zero-order valence-corrected chi connectivity index (χ0v) is 15.0. The molecule has 0 fully saturated rings. The van der Waals surface area contributed by atoms with E-state index < -0.39 is 0 Å². The second kappa shape index (κ2) is 9.83. The monoisotopic (exact) mass is 348 g/mol. The Hall–Kier alpha value is -2.20. The molecule has 3 N–H and O–H groups in total. The van der Waals surface area contributed by atoms with Crippen molar-refractivity contribution in [1.29, 1.82) is 0 Å². The molecule has 0 saturated heterocycles. The summed E-state index contributed by atoms with van der Waals surface area (Å²) in [6, 6.07) is 13.7. The van der Waals surface area contributed by atoms with Gasteiger partial charge in [0.2, 0.25) is 5.91 Å². The molecule has 0 saturated carbocycles. The van der Waals surface area contributed by atoms with Crippen LogP contribution in [0.4, 0.5) is 5.69 Å². The molecule has 0 aliphatic heterocycles. The van der Waals surface area contributed by atoms with Gasteiger partial charge in [-0.3, -0.25) is 4.79 Å². The fraction of sp³-hybridized carbons (Fsp3) is 0.316. The van der Waals surface area contributed by atoms with E-state index in [1.54, 1.807) is 0 Å². The number of halogens is 1. The number of hydrogen-bond donors (Lipinski definition) is 2. The summed E-state index contributed by atoms with van der Waals surface area (Å²) in [5.41, 5.74) is 9.87. The van der Waals surface area contributed by atoms with E-state index in [9.17, 15) is 4.79 Å². The van der Waals surface area contributed by atoms with Crippen LogP contribution in [0.3, 0.4) is 0 Å². The lowest BCUT2D eigenvalue weighted by molar-refractivity contribution is -0.121. The Morgan fingerprint density at radius 3 is 2.33 bits per heavy atom. The Labute approximate surface area is 149 Å². The number of ether oxygens (including phenoxy) is 1. The third-order valence-corrected chi connectivity index (χ3v) is 3.51. The first-order valence-corrected chi connectivity index (χ1v) is 7.85. The Morgan fingerprint density at radius 2 is 1.71 bits per heavy atom. The van der Waals surface area contributed by atoms with Crippen molar-refractivity contribution >= 4 is 24.0 Å². The zero-order valence-electron chi connectivity index (χ0n) is 14.2. The summed E-state index contributed by atoms with van der Waals surface area (Å²) in [5.74, 6) is 0.821. The molecule has 0 radical (unpaired) electrons. The predicted molar refractivity (Wildman–Crippen MR) is 101 cm³/mol. The molecule has 2 aromatic carbocycles. The summed E-state index contributed by atoms with van der Waals surface area (Å²) in [7, 11) is 0. The number of benzene rings is 2. The highest BCUT2D eigenvalue weighted by molar-refractivity contribution is 5.85. The van der Waals surface area contributed by atoms with Crippen molar-refractivity contribution in [2.24, 2.45) is 0 Å². The summed E-state index contributed by atoms with van der Waals surface area (Å²) < 4.78 is 5.64. The molecule has 0 aliphatic rings. The highest BCUT2D eigenvalue weighted by Gasteiger charge is 2.03. The van der Waals surface area contributed by atoms with Gasteiger partial charge in [0, 0.05) is 12.2 Å². The molecule has 0 atom stereocenters. The van der Waals surface area contributed by atoms with Gasteiger partial charge in [-0.05, 0) is 61.2 Å². The van der Waals surface area contributed by atoms with Crippen molar-refractivity contribution in [2.45, 2.75) is 26.7 Å². The van der Waals surface area contributed by atoms with Crippen LogP contribution in [0, 0.1) is 13.8 Å². The minimum atomic E-state index is 0. The Kier molecular flexibility index (Phi) is 8.13. The van der Waals surface area contributed by atoms with E-state index in [2.05, 4.69) is 11.4 Å². The van der Waals surface area contributed by atoms with Crippen molar-refractivity contribution in [3.05, 3.63) is 59.2 Å². The molecule has 4 nitrogen and oxygen atoms in total. The van der Waals surface area contributed by atoms with Crippen LogP contribution in [0.2, 0.25) is 0 Å². The molecule has 1 amide bonds. The van der Waals surface area contributed by atoms with Crippen LogP contribution in [0.15, 0.2) is 42.5 Å². The molecule has 130 valence electrons. The van der Waals surface area contributed by atoms with Gasteiger partial charge in [0.15, 0.2) is 0 Å². The highest BCUT2D eigenvalue weighted by atomic mass is 35.5. The van der Waals surface area contributed by atoms with Crippen LogP contribution in [-0.4, -0.2) is 19.1 Å². The van der Waals surface area contributed by atoms with E-state index in [4.69, 9.17) is 10.5 Å². The van der Waals surface area contributed by atoms with E-state index >= 15 is 0 Å². The standard InChI is InChI=1S/C19H24N2O2.ClH/c1-14-11-15(2)13-18(12-14)23-10-8-19(22)21-9-7-16-3-5-17(20)6-4-16;/h3-6,11-13H,7-10,20H2,1-2H3,(H,21,22);1H. The van der Waals surface area contributed by atoms with Gasteiger partial charge in [0.1, 0.15) is 5.75 Å². The number of nitrogen functional groups attached to an aromatic ring is 1. The van der Waals surface area contributed by atoms with Crippen LogP contribution < -0.4 is 15.8 Å². The van der Waals surface area contributed by atoms with Gasteiger partial charge in [-0.1, -0.05) is 18.2 Å². The van der Waals surface area contributed by atoms with Crippen LogP contribution in [0.25, 0.3) is 0 Å². The molecule has 2 rings (SSSR count). The van der Waals surface area contributed by atoms with Gasteiger partial charge < -0.3 is 15.8 Å². The van der Waals surface area contributed by atoms with Crippen LogP contribution >= 0.6 is 12.4 Å². The summed E-state index contributed by atoms with van der Waals surface area (Å²) in [4.78, 5) is 11.8. The summed E-state index contributed by atoms with van der Waals surface area (Å²) >= 11 is 0.